The van der Waals surface area contributed by atoms with Crippen molar-refractivity contribution in [1.29, 1.82) is 0 Å². The molecule has 2 rings (SSSR count). The molecule has 192 valence electrons. The molecule has 7 nitrogen and oxygen atoms in total. The summed E-state index contributed by atoms with van der Waals surface area (Å²) < 4.78 is 28.0. The van der Waals surface area contributed by atoms with Crippen molar-refractivity contribution in [3.05, 3.63) is 57.2 Å². The number of hydrogen-bond acceptors (Lipinski definition) is 7. The molecule has 0 aromatic heterocycles. The monoisotopic (exact) mass is 618 g/mol. The van der Waals surface area contributed by atoms with E-state index in [1.54, 1.807) is 7.11 Å². The average Bonchev–Trinajstić information content (AvgIpc) is 2.80. The van der Waals surface area contributed by atoms with E-state index in [1.165, 1.54) is 13.8 Å². The number of hydrogen-bond donors (Lipinski definition) is 0. The normalized spacial score (nSPS) is 13.0. The predicted molar refractivity (Wildman–Crippen MR) is 142 cm³/mol. The molecule has 0 radical (unpaired) electrons. The van der Waals surface area contributed by atoms with Gasteiger partial charge in [0.1, 0.15) is 30.8 Å². The molecule has 35 heavy (non-hydrogen) atoms. The lowest BCUT2D eigenvalue weighted by atomic mass is 9.78. The van der Waals surface area contributed by atoms with E-state index >= 15 is 0 Å². The van der Waals surface area contributed by atoms with Gasteiger partial charge in [0.05, 0.1) is 16.1 Å². The third kappa shape index (κ3) is 9.16. The summed E-state index contributed by atoms with van der Waals surface area (Å²) in [6.07, 6.45) is -0.967. The number of halogens is 2. The van der Waals surface area contributed by atoms with Crippen LogP contribution in [0.2, 0.25) is 0 Å². The summed E-state index contributed by atoms with van der Waals surface area (Å²) >= 11 is 8.09. The van der Waals surface area contributed by atoms with Gasteiger partial charge in [0.2, 0.25) is 0 Å². The second kappa shape index (κ2) is 13.9. The second-order valence-corrected chi connectivity index (χ2v) is 9.96. The van der Waals surface area contributed by atoms with Gasteiger partial charge in [-0.25, -0.2) is 0 Å². The fourth-order valence-electron chi connectivity index (χ4n) is 3.39. The summed E-state index contributed by atoms with van der Waals surface area (Å²) in [6, 6.07) is 13.9. The number of methoxy groups -OCH3 is 1. The molecular formula is C26H32ClIO7. The maximum Gasteiger partial charge on any atom is 0.303 e. The van der Waals surface area contributed by atoms with E-state index in [1.807, 2.05) is 36.4 Å². The predicted octanol–water partition coefficient (Wildman–Crippen LogP) is 5.12. The standard InChI is InChI=1S/C26H32ClIO7/c1-17(29)34-22(13-27)15-33-25-11-8-20(12-24(25)28)26(3,4)19-6-9-21(10-7-19)32-16-23(14-31-5)35-18(2)30/h6-12,22-23H,13-16H2,1-5H3/t22-,23+/m0/s1. The van der Waals surface area contributed by atoms with Crippen LogP contribution in [-0.2, 0) is 29.2 Å². The van der Waals surface area contributed by atoms with Crippen LogP contribution in [0, 0.1) is 3.57 Å². The van der Waals surface area contributed by atoms with Gasteiger partial charge in [0, 0.05) is 26.4 Å². The molecule has 0 saturated heterocycles. The molecule has 0 N–H and O–H groups in total. The van der Waals surface area contributed by atoms with E-state index in [-0.39, 0.29) is 43.1 Å². The topological polar surface area (TPSA) is 80.3 Å². The Balaban J connectivity index is 2.06. The van der Waals surface area contributed by atoms with Gasteiger partial charge >= 0.3 is 11.9 Å². The van der Waals surface area contributed by atoms with Crippen molar-refractivity contribution in [2.24, 2.45) is 0 Å². The van der Waals surface area contributed by atoms with Crippen LogP contribution in [0.25, 0.3) is 0 Å². The van der Waals surface area contributed by atoms with Crippen molar-refractivity contribution in [3.63, 3.8) is 0 Å². The minimum atomic E-state index is -0.499. The number of carbonyl (C=O) groups excluding carboxylic acids is 2. The lowest BCUT2D eigenvalue weighted by molar-refractivity contribution is -0.150. The summed E-state index contributed by atoms with van der Waals surface area (Å²) in [5.74, 6) is 0.786. The highest BCUT2D eigenvalue weighted by atomic mass is 127. The van der Waals surface area contributed by atoms with Crippen molar-refractivity contribution in [3.8, 4) is 11.5 Å². The van der Waals surface area contributed by atoms with E-state index in [2.05, 4.69) is 42.5 Å². The Labute approximate surface area is 225 Å². The number of esters is 2. The van der Waals surface area contributed by atoms with Gasteiger partial charge in [-0.05, 0) is 58.0 Å². The third-order valence-electron chi connectivity index (χ3n) is 5.28. The maximum absolute atomic E-state index is 11.2. The van der Waals surface area contributed by atoms with Crippen molar-refractivity contribution >= 4 is 46.1 Å². The molecule has 0 aliphatic carbocycles. The van der Waals surface area contributed by atoms with E-state index in [4.69, 9.17) is 35.3 Å². The Hall–Kier alpha value is -2.04. The molecule has 0 heterocycles. The van der Waals surface area contributed by atoms with Crippen LogP contribution in [0.1, 0.15) is 38.8 Å². The molecule has 0 amide bonds. The van der Waals surface area contributed by atoms with Gasteiger partial charge in [-0.15, -0.1) is 11.6 Å². The molecule has 0 unspecified atom stereocenters. The third-order valence-corrected chi connectivity index (χ3v) is 6.47. The molecule has 9 heteroatoms. The number of ether oxygens (including phenoxy) is 5. The first kappa shape index (κ1) is 29.2. The Morgan fingerprint density at radius 1 is 0.886 bits per heavy atom. The number of carbonyl (C=O) groups is 2. The molecule has 2 atom stereocenters. The fraction of sp³-hybridized carbons (Fsp3) is 0.462. The van der Waals surface area contributed by atoms with Gasteiger partial charge < -0.3 is 23.7 Å². The number of alkyl halides is 1. The lowest BCUT2D eigenvalue weighted by Gasteiger charge is -2.27. The van der Waals surface area contributed by atoms with Gasteiger partial charge in [0.15, 0.2) is 6.10 Å². The van der Waals surface area contributed by atoms with Crippen LogP contribution in [0.3, 0.4) is 0 Å². The van der Waals surface area contributed by atoms with Crippen LogP contribution in [0.4, 0.5) is 0 Å². The first-order valence-electron chi connectivity index (χ1n) is 11.1. The van der Waals surface area contributed by atoms with Crippen molar-refractivity contribution < 1.29 is 33.3 Å². The van der Waals surface area contributed by atoms with Gasteiger partial charge in [0.25, 0.3) is 0 Å². The summed E-state index contributed by atoms with van der Waals surface area (Å²) in [5.41, 5.74) is 1.95. The highest BCUT2D eigenvalue weighted by molar-refractivity contribution is 14.1. The molecule has 0 aliphatic heterocycles. The average molecular weight is 619 g/mol. The quantitative estimate of drug-likeness (QED) is 0.175. The smallest absolute Gasteiger partial charge is 0.303 e. The molecule has 2 aromatic carbocycles. The lowest BCUT2D eigenvalue weighted by Crippen LogP contribution is -2.28. The molecule has 0 spiro atoms. The molecular weight excluding hydrogens is 587 g/mol. The molecule has 2 aromatic rings. The SMILES string of the molecule is COC[C@H](COc1ccc(C(C)(C)c2ccc(OC[C@H](CCl)OC(C)=O)c(I)c2)cc1)OC(C)=O. The zero-order chi connectivity index (χ0) is 26.0. The van der Waals surface area contributed by atoms with Crippen LogP contribution in [-0.4, -0.2) is 57.0 Å². The van der Waals surface area contributed by atoms with Crippen molar-refractivity contribution in [1.82, 2.24) is 0 Å². The maximum atomic E-state index is 11.2. The Morgan fingerprint density at radius 2 is 1.46 bits per heavy atom. The van der Waals surface area contributed by atoms with Gasteiger partial charge in [-0.3, -0.25) is 9.59 Å². The summed E-state index contributed by atoms with van der Waals surface area (Å²) in [7, 11) is 1.55. The van der Waals surface area contributed by atoms with E-state index in [0.717, 1.165) is 14.7 Å². The van der Waals surface area contributed by atoms with Gasteiger partial charge in [-0.2, -0.15) is 0 Å². The van der Waals surface area contributed by atoms with Crippen molar-refractivity contribution in [2.75, 3.05) is 32.8 Å². The number of rotatable bonds is 13. The summed E-state index contributed by atoms with van der Waals surface area (Å²) in [4.78, 5) is 22.4. The molecule has 0 bridgehead atoms. The highest BCUT2D eigenvalue weighted by Crippen LogP contribution is 2.35. The largest absolute Gasteiger partial charge is 0.490 e. The van der Waals surface area contributed by atoms with Crippen LogP contribution in [0.15, 0.2) is 42.5 Å². The fourth-order valence-corrected chi connectivity index (χ4v) is 4.22. The minimum Gasteiger partial charge on any atom is -0.490 e. The highest BCUT2D eigenvalue weighted by Gasteiger charge is 2.24. The van der Waals surface area contributed by atoms with Crippen molar-refractivity contribution in [2.45, 2.75) is 45.3 Å². The van der Waals surface area contributed by atoms with Gasteiger partial charge in [-0.1, -0.05) is 32.0 Å². The summed E-state index contributed by atoms with van der Waals surface area (Å²) in [6.45, 7) is 7.66. The zero-order valence-corrected chi connectivity index (χ0v) is 23.6. The first-order chi connectivity index (χ1) is 16.6. The second-order valence-electron chi connectivity index (χ2n) is 8.49. The Morgan fingerprint density at radius 3 is 2.00 bits per heavy atom. The van der Waals surface area contributed by atoms with Crippen LogP contribution >= 0.6 is 34.2 Å². The summed E-state index contributed by atoms with van der Waals surface area (Å²) in [5, 5.41) is 0. The molecule has 0 saturated carbocycles. The Kier molecular flexibility index (Phi) is 11.6. The van der Waals surface area contributed by atoms with E-state index in [0.29, 0.717) is 11.5 Å². The zero-order valence-electron chi connectivity index (χ0n) is 20.6. The van der Waals surface area contributed by atoms with E-state index in [9.17, 15) is 9.59 Å². The Bertz CT molecular complexity index is 978. The van der Waals surface area contributed by atoms with Crippen LogP contribution in [0.5, 0.6) is 11.5 Å². The first-order valence-corrected chi connectivity index (χ1v) is 12.7. The van der Waals surface area contributed by atoms with E-state index < -0.39 is 12.2 Å². The number of benzene rings is 2. The molecule has 0 fully saturated rings. The minimum absolute atomic E-state index is 0.164. The molecule has 0 aliphatic rings. The van der Waals surface area contributed by atoms with Crippen LogP contribution < -0.4 is 9.47 Å².